The smallest absolute Gasteiger partial charge is 0.154 e. The van der Waals surface area contributed by atoms with Gasteiger partial charge in [0.25, 0.3) is 0 Å². The molecule has 21 heavy (non-hydrogen) atoms. The van der Waals surface area contributed by atoms with Crippen molar-refractivity contribution >= 4 is 15.4 Å². The van der Waals surface area contributed by atoms with Crippen molar-refractivity contribution in [1.29, 1.82) is 0 Å². The quantitative estimate of drug-likeness (QED) is 0.817. The van der Waals surface area contributed by atoms with Crippen LogP contribution in [0.25, 0.3) is 5.57 Å². The van der Waals surface area contributed by atoms with Gasteiger partial charge in [0.1, 0.15) is 0 Å². The zero-order chi connectivity index (χ0) is 16.0. The molecule has 0 unspecified atom stereocenters. The van der Waals surface area contributed by atoms with Gasteiger partial charge in [-0.1, -0.05) is 58.9 Å². The summed E-state index contributed by atoms with van der Waals surface area (Å²) >= 11 is 0. The summed E-state index contributed by atoms with van der Waals surface area (Å²) < 4.78 is 22.9. The Morgan fingerprint density at radius 3 is 2.33 bits per heavy atom. The molecule has 1 aliphatic rings. The van der Waals surface area contributed by atoms with E-state index < -0.39 is 9.84 Å². The van der Waals surface area contributed by atoms with E-state index in [1.807, 2.05) is 19.9 Å². The van der Waals surface area contributed by atoms with E-state index in [1.165, 1.54) is 22.3 Å². The average molecular weight is 308 g/mol. The second-order valence-electron chi connectivity index (χ2n) is 5.52. The summed E-state index contributed by atoms with van der Waals surface area (Å²) in [6.07, 6.45) is 3.57. The standard InChI is InChI=1S/C16H22O2S.C2H6/c1-4-13-5-6-15(11-16(13)12(2)3)14-7-9-19(17,18)10-8-14;1-2/h5-7,11-12H,4,8-10H2,1-3H3;1-2H3. The molecule has 2 rings (SSSR count). The van der Waals surface area contributed by atoms with Gasteiger partial charge in [-0.05, 0) is 41.0 Å². The molecule has 0 bridgehead atoms. The Morgan fingerprint density at radius 2 is 1.86 bits per heavy atom. The van der Waals surface area contributed by atoms with Gasteiger partial charge in [0.2, 0.25) is 0 Å². The van der Waals surface area contributed by atoms with Crippen molar-refractivity contribution in [2.45, 2.75) is 53.4 Å². The van der Waals surface area contributed by atoms with Crippen molar-refractivity contribution in [2.24, 2.45) is 0 Å². The van der Waals surface area contributed by atoms with Gasteiger partial charge in [0, 0.05) is 0 Å². The Morgan fingerprint density at radius 1 is 1.19 bits per heavy atom. The number of hydrogen-bond donors (Lipinski definition) is 0. The van der Waals surface area contributed by atoms with E-state index in [1.54, 1.807) is 0 Å². The zero-order valence-electron chi connectivity index (χ0n) is 13.9. The van der Waals surface area contributed by atoms with Crippen LogP contribution in [0.2, 0.25) is 0 Å². The monoisotopic (exact) mass is 308 g/mol. The molecule has 0 N–H and O–H groups in total. The van der Waals surface area contributed by atoms with Crippen LogP contribution < -0.4 is 0 Å². The molecule has 1 aromatic rings. The zero-order valence-corrected chi connectivity index (χ0v) is 14.8. The maximum absolute atomic E-state index is 11.5. The molecule has 0 spiro atoms. The number of hydrogen-bond acceptors (Lipinski definition) is 2. The Balaban J connectivity index is 0.00000106. The van der Waals surface area contributed by atoms with Crippen LogP contribution in [0, 0.1) is 0 Å². The molecule has 0 radical (unpaired) electrons. The molecule has 1 heterocycles. The maximum atomic E-state index is 11.5. The van der Waals surface area contributed by atoms with Crippen molar-refractivity contribution in [2.75, 3.05) is 11.5 Å². The van der Waals surface area contributed by atoms with Gasteiger partial charge in [-0.15, -0.1) is 0 Å². The summed E-state index contributed by atoms with van der Waals surface area (Å²) in [5.41, 5.74) is 5.15. The van der Waals surface area contributed by atoms with E-state index in [-0.39, 0.29) is 11.5 Å². The Kier molecular flexibility index (Phi) is 6.66. The third-order valence-corrected chi connectivity index (χ3v) is 5.29. The molecule has 0 amide bonds. The van der Waals surface area contributed by atoms with Crippen LogP contribution in [0.1, 0.15) is 63.6 Å². The van der Waals surface area contributed by atoms with E-state index in [4.69, 9.17) is 0 Å². The lowest BCUT2D eigenvalue weighted by Gasteiger charge is -2.17. The van der Waals surface area contributed by atoms with Crippen LogP contribution >= 0.6 is 0 Å². The summed E-state index contributed by atoms with van der Waals surface area (Å²) in [5, 5.41) is 0. The largest absolute Gasteiger partial charge is 0.229 e. The molecule has 0 atom stereocenters. The van der Waals surface area contributed by atoms with Crippen LogP contribution in [0.3, 0.4) is 0 Å². The second kappa shape index (κ2) is 7.79. The fourth-order valence-corrected chi connectivity index (χ4v) is 3.75. The van der Waals surface area contributed by atoms with E-state index in [0.29, 0.717) is 12.3 Å². The molecular weight excluding hydrogens is 280 g/mol. The fourth-order valence-electron chi connectivity index (χ4n) is 2.59. The summed E-state index contributed by atoms with van der Waals surface area (Å²) in [6.45, 7) is 10.6. The van der Waals surface area contributed by atoms with Crippen molar-refractivity contribution < 1.29 is 8.42 Å². The molecule has 1 aliphatic heterocycles. The average Bonchev–Trinajstić information content (AvgIpc) is 2.48. The van der Waals surface area contributed by atoms with Crippen molar-refractivity contribution in [1.82, 2.24) is 0 Å². The molecule has 3 heteroatoms. The van der Waals surface area contributed by atoms with E-state index in [2.05, 4.69) is 39.0 Å². The minimum absolute atomic E-state index is 0.189. The number of rotatable bonds is 3. The highest BCUT2D eigenvalue weighted by Gasteiger charge is 2.18. The van der Waals surface area contributed by atoms with Crippen molar-refractivity contribution in [3.63, 3.8) is 0 Å². The molecule has 2 nitrogen and oxygen atoms in total. The topological polar surface area (TPSA) is 34.1 Å². The predicted molar refractivity (Wildman–Crippen MR) is 92.5 cm³/mol. The first-order chi connectivity index (χ1) is 9.93. The van der Waals surface area contributed by atoms with Crippen LogP contribution in [-0.4, -0.2) is 19.9 Å². The van der Waals surface area contributed by atoms with Crippen molar-refractivity contribution in [3.8, 4) is 0 Å². The first-order valence-corrected chi connectivity index (χ1v) is 9.77. The number of aryl methyl sites for hydroxylation is 1. The molecule has 0 aromatic heterocycles. The Labute approximate surface area is 130 Å². The highest BCUT2D eigenvalue weighted by Crippen LogP contribution is 2.28. The molecule has 1 aromatic carbocycles. The molecule has 0 saturated heterocycles. The Bertz CT molecular complexity index is 596. The van der Waals surface area contributed by atoms with Gasteiger partial charge in [-0.2, -0.15) is 0 Å². The summed E-state index contributed by atoms with van der Waals surface area (Å²) in [6, 6.07) is 6.57. The second-order valence-corrected chi connectivity index (χ2v) is 7.74. The van der Waals surface area contributed by atoms with Gasteiger partial charge in [0.15, 0.2) is 9.84 Å². The van der Waals surface area contributed by atoms with Crippen LogP contribution in [0.5, 0.6) is 0 Å². The first-order valence-electron chi connectivity index (χ1n) is 7.95. The molecule has 0 saturated carbocycles. The summed E-state index contributed by atoms with van der Waals surface area (Å²) in [7, 11) is -2.84. The van der Waals surface area contributed by atoms with Crippen LogP contribution in [0.4, 0.5) is 0 Å². The minimum atomic E-state index is -2.84. The van der Waals surface area contributed by atoms with E-state index >= 15 is 0 Å². The van der Waals surface area contributed by atoms with Gasteiger partial charge >= 0.3 is 0 Å². The van der Waals surface area contributed by atoms with Crippen LogP contribution in [0.15, 0.2) is 24.3 Å². The molecule has 118 valence electrons. The fraction of sp³-hybridized carbons (Fsp3) is 0.556. The van der Waals surface area contributed by atoms with E-state index in [9.17, 15) is 8.42 Å². The number of allylic oxidation sites excluding steroid dienone is 1. The maximum Gasteiger partial charge on any atom is 0.154 e. The third-order valence-electron chi connectivity index (χ3n) is 3.79. The lowest BCUT2D eigenvalue weighted by Crippen LogP contribution is -2.15. The third kappa shape index (κ3) is 4.70. The Hall–Kier alpha value is -1.09. The number of benzene rings is 1. The highest BCUT2D eigenvalue weighted by atomic mass is 32.2. The van der Waals surface area contributed by atoms with Gasteiger partial charge in [0.05, 0.1) is 11.5 Å². The van der Waals surface area contributed by atoms with Gasteiger partial charge in [-0.3, -0.25) is 0 Å². The molecular formula is C18H28O2S. The summed E-state index contributed by atoms with van der Waals surface area (Å²) in [4.78, 5) is 0. The first kappa shape index (κ1) is 18.0. The predicted octanol–water partition coefficient (Wildman–Crippen LogP) is 4.60. The van der Waals surface area contributed by atoms with Crippen molar-refractivity contribution in [3.05, 3.63) is 41.0 Å². The molecule has 0 fully saturated rings. The molecule has 0 aliphatic carbocycles. The highest BCUT2D eigenvalue weighted by molar-refractivity contribution is 7.91. The van der Waals surface area contributed by atoms with Gasteiger partial charge < -0.3 is 0 Å². The summed E-state index contributed by atoms with van der Waals surface area (Å²) in [5.74, 6) is 0.975. The van der Waals surface area contributed by atoms with Crippen LogP contribution in [-0.2, 0) is 16.3 Å². The lowest BCUT2D eigenvalue weighted by molar-refractivity contribution is 0.597. The SMILES string of the molecule is CC.CCc1ccc(C2=CCS(=O)(=O)CC2)cc1C(C)C. The minimum Gasteiger partial charge on any atom is -0.229 e. The number of sulfone groups is 1. The van der Waals surface area contributed by atoms with Gasteiger partial charge in [-0.25, -0.2) is 8.42 Å². The normalized spacial score (nSPS) is 17.0. The van der Waals surface area contributed by atoms with E-state index in [0.717, 1.165) is 6.42 Å². The lowest BCUT2D eigenvalue weighted by atomic mass is 9.91.